The molecule has 146 valence electrons. The van der Waals surface area contributed by atoms with Crippen molar-refractivity contribution >= 4 is 21.5 Å². The summed E-state index contributed by atoms with van der Waals surface area (Å²) in [5, 5.41) is 17.5. The summed E-state index contributed by atoms with van der Waals surface area (Å²) in [5.41, 5.74) is 6.90. The first-order valence-corrected chi connectivity index (χ1v) is 10.6. The predicted octanol–water partition coefficient (Wildman–Crippen LogP) is 6.84. The lowest BCUT2D eigenvalue weighted by Gasteiger charge is -2.18. The molecule has 0 saturated carbocycles. The van der Waals surface area contributed by atoms with Crippen LogP contribution in [0, 0.1) is 11.3 Å². The first kappa shape index (κ1) is 17.9. The van der Waals surface area contributed by atoms with Crippen LogP contribution in [-0.2, 0) is 0 Å². The molecule has 2 heteroatoms. The minimum Gasteiger partial charge on any atom is -0.307 e. The first-order valence-electron chi connectivity index (χ1n) is 10.6. The molecule has 1 aliphatic rings. The number of rotatable bonds is 3. The second-order valence-electron chi connectivity index (χ2n) is 8.11. The molecular weight excluding hydrogens is 376 g/mol. The van der Waals surface area contributed by atoms with Crippen molar-refractivity contribution in [3.05, 3.63) is 108 Å². The molecule has 1 N–H and O–H groups in total. The van der Waals surface area contributed by atoms with Crippen LogP contribution in [0.1, 0.15) is 17.2 Å². The van der Waals surface area contributed by atoms with Gasteiger partial charge < -0.3 is 5.32 Å². The molecule has 1 fully saturated rings. The summed E-state index contributed by atoms with van der Waals surface area (Å²) in [6.45, 7) is 1.07. The molecule has 0 radical (unpaired) electrons. The lowest BCUT2D eigenvalue weighted by atomic mass is 9.85. The molecule has 1 atom stereocenters. The summed E-state index contributed by atoms with van der Waals surface area (Å²) in [6.07, 6.45) is 0. The highest BCUT2D eigenvalue weighted by molar-refractivity contribution is 6.21. The van der Waals surface area contributed by atoms with Crippen LogP contribution < -0.4 is 5.32 Å². The Labute approximate surface area is 181 Å². The van der Waals surface area contributed by atoms with Crippen molar-refractivity contribution in [3.8, 4) is 28.3 Å². The molecule has 0 amide bonds. The molecule has 5 aromatic carbocycles. The summed E-state index contributed by atoms with van der Waals surface area (Å²) in [6, 6.07) is 37.0. The Hall–Kier alpha value is -3.93. The number of hydrogen-bond donors (Lipinski definition) is 1. The van der Waals surface area contributed by atoms with E-state index >= 15 is 0 Å². The van der Waals surface area contributed by atoms with Crippen molar-refractivity contribution in [2.45, 2.75) is 6.04 Å². The van der Waals surface area contributed by atoms with Crippen molar-refractivity contribution in [2.24, 2.45) is 0 Å². The van der Waals surface area contributed by atoms with Gasteiger partial charge in [-0.05, 0) is 61.5 Å². The standard InChI is InChI=1S/C29H20N2/c30-17-19-9-11-21(12-10-19)28-23-5-1-3-7-25(23)29(26-8-4-2-6-24(26)28)22-15-13-20(14-16-22)27-18-31-27/h1-16,27,31H,18H2. The Bertz CT molecular complexity index is 1410. The molecule has 31 heavy (non-hydrogen) atoms. The Morgan fingerprint density at radius 2 is 1.03 bits per heavy atom. The van der Waals surface area contributed by atoms with Crippen molar-refractivity contribution in [2.75, 3.05) is 6.54 Å². The summed E-state index contributed by atoms with van der Waals surface area (Å²) in [4.78, 5) is 0. The van der Waals surface area contributed by atoms with E-state index in [2.05, 4.69) is 96.3 Å². The van der Waals surface area contributed by atoms with Gasteiger partial charge in [0.05, 0.1) is 11.6 Å². The highest BCUT2D eigenvalue weighted by Crippen LogP contribution is 2.43. The van der Waals surface area contributed by atoms with Gasteiger partial charge in [0.1, 0.15) is 0 Å². The van der Waals surface area contributed by atoms with Gasteiger partial charge in [0.15, 0.2) is 0 Å². The maximum absolute atomic E-state index is 9.21. The topological polar surface area (TPSA) is 45.7 Å². The van der Waals surface area contributed by atoms with E-state index in [0.29, 0.717) is 11.6 Å². The van der Waals surface area contributed by atoms with Crippen LogP contribution in [0.5, 0.6) is 0 Å². The van der Waals surface area contributed by atoms with Gasteiger partial charge in [0.2, 0.25) is 0 Å². The van der Waals surface area contributed by atoms with Crippen molar-refractivity contribution in [1.29, 1.82) is 5.26 Å². The summed E-state index contributed by atoms with van der Waals surface area (Å²) < 4.78 is 0. The van der Waals surface area contributed by atoms with Crippen molar-refractivity contribution in [3.63, 3.8) is 0 Å². The maximum atomic E-state index is 9.21. The quantitative estimate of drug-likeness (QED) is 0.268. The number of fused-ring (bicyclic) bond motifs is 2. The normalized spacial score (nSPS) is 15.1. The molecule has 1 saturated heterocycles. The minimum atomic E-state index is 0.515. The Kier molecular flexibility index (Phi) is 4.09. The second-order valence-corrected chi connectivity index (χ2v) is 8.11. The number of nitrogens with one attached hydrogen (secondary N) is 1. The number of benzene rings is 5. The molecule has 1 heterocycles. The number of hydrogen-bond acceptors (Lipinski definition) is 2. The van der Waals surface area contributed by atoms with Gasteiger partial charge in [-0.2, -0.15) is 5.26 Å². The average Bonchev–Trinajstić information content (AvgIpc) is 3.68. The molecule has 6 rings (SSSR count). The molecule has 1 aliphatic heterocycles. The molecule has 2 nitrogen and oxygen atoms in total. The fraction of sp³-hybridized carbons (Fsp3) is 0.0690. The summed E-state index contributed by atoms with van der Waals surface area (Å²) in [5.74, 6) is 0. The molecule has 0 aromatic heterocycles. The zero-order valence-corrected chi connectivity index (χ0v) is 17.0. The fourth-order valence-electron chi connectivity index (χ4n) is 4.64. The van der Waals surface area contributed by atoms with Crippen LogP contribution in [0.25, 0.3) is 43.8 Å². The monoisotopic (exact) mass is 396 g/mol. The van der Waals surface area contributed by atoms with Crippen LogP contribution in [0.4, 0.5) is 0 Å². The SMILES string of the molecule is N#Cc1ccc(-c2c3ccccc3c(-c3ccc(C4CN4)cc3)c3ccccc23)cc1. The fourth-order valence-corrected chi connectivity index (χ4v) is 4.64. The molecule has 0 bridgehead atoms. The van der Waals surface area contributed by atoms with Gasteiger partial charge in [-0.25, -0.2) is 0 Å². The minimum absolute atomic E-state index is 0.515. The molecular formula is C29H20N2. The predicted molar refractivity (Wildman–Crippen MR) is 128 cm³/mol. The van der Waals surface area contributed by atoms with E-state index in [9.17, 15) is 5.26 Å². The number of nitriles is 1. The van der Waals surface area contributed by atoms with E-state index in [1.54, 1.807) is 0 Å². The third-order valence-electron chi connectivity index (χ3n) is 6.24. The summed E-state index contributed by atoms with van der Waals surface area (Å²) in [7, 11) is 0. The van der Waals surface area contributed by atoms with Crippen LogP contribution >= 0.6 is 0 Å². The van der Waals surface area contributed by atoms with Crippen LogP contribution in [0.15, 0.2) is 97.1 Å². The Balaban J connectivity index is 1.67. The van der Waals surface area contributed by atoms with E-state index in [4.69, 9.17) is 0 Å². The first-order chi connectivity index (χ1) is 15.3. The van der Waals surface area contributed by atoms with E-state index in [1.807, 2.05) is 12.1 Å². The van der Waals surface area contributed by atoms with Gasteiger partial charge in [-0.1, -0.05) is 84.9 Å². The third-order valence-corrected chi connectivity index (χ3v) is 6.24. The van der Waals surface area contributed by atoms with Crippen molar-refractivity contribution < 1.29 is 0 Å². The van der Waals surface area contributed by atoms with Gasteiger partial charge in [0, 0.05) is 12.6 Å². The van der Waals surface area contributed by atoms with E-state index < -0.39 is 0 Å². The molecule has 0 aliphatic carbocycles. The Morgan fingerprint density at radius 1 is 0.613 bits per heavy atom. The second kappa shape index (κ2) is 7.09. The van der Waals surface area contributed by atoms with Crippen LogP contribution in [-0.4, -0.2) is 6.54 Å². The van der Waals surface area contributed by atoms with Gasteiger partial charge in [-0.3, -0.25) is 0 Å². The lowest BCUT2D eigenvalue weighted by molar-refractivity contribution is 1.08. The highest BCUT2D eigenvalue weighted by atomic mass is 15.1. The maximum Gasteiger partial charge on any atom is 0.0991 e. The van der Waals surface area contributed by atoms with E-state index in [-0.39, 0.29) is 0 Å². The third kappa shape index (κ3) is 2.99. The number of nitrogens with zero attached hydrogens (tertiary/aromatic N) is 1. The van der Waals surface area contributed by atoms with Crippen molar-refractivity contribution in [1.82, 2.24) is 5.32 Å². The zero-order valence-electron chi connectivity index (χ0n) is 17.0. The molecule has 5 aromatic rings. The Morgan fingerprint density at radius 3 is 1.42 bits per heavy atom. The highest BCUT2D eigenvalue weighted by Gasteiger charge is 2.22. The lowest BCUT2D eigenvalue weighted by Crippen LogP contribution is -1.91. The van der Waals surface area contributed by atoms with Crippen LogP contribution in [0.3, 0.4) is 0 Å². The van der Waals surface area contributed by atoms with E-state index in [1.165, 1.54) is 43.8 Å². The summed E-state index contributed by atoms with van der Waals surface area (Å²) >= 11 is 0. The smallest absolute Gasteiger partial charge is 0.0991 e. The van der Waals surface area contributed by atoms with E-state index in [0.717, 1.165) is 12.1 Å². The van der Waals surface area contributed by atoms with Crippen LogP contribution in [0.2, 0.25) is 0 Å². The largest absolute Gasteiger partial charge is 0.307 e. The van der Waals surface area contributed by atoms with Gasteiger partial charge >= 0.3 is 0 Å². The average molecular weight is 396 g/mol. The molecule has 0 spiro atoms. The van der Waals surface area contributed by atoms with Gasteiger partial charge in [-0.15, -0.1) is 0 Å². The van der Waals surface area contributed by atoms with Gasteiger partial charge in [0.25, 0.3) is 0 Å². The molecule has 1 unspecified atom stereocenters. The zero-order chi connectivity index (χ0) is 20.8.